The normalized spacial score (nSPS) is 15.8. The minimum Gasteiger partial charge on any atom is -0.493 e. The van der Waals surface area contributed by atoms with Crippen LogP contribution in [0.3, 0.4) is 0 Å². The van der Waals surface area contributed by atoms with Gasteiger partial charge in [-0.3, -0.25) is 0 Å². The van der Waals surface area contributed by atoms with E-state index in [0.717, 1.165) is 22.7 Å². The second-order valence-electron chi connectivity index (χ2n) is 3.62. The van der Waals surface area contributed by atoms with Gasteiger partial charge in [0.25, 0.3) is 0 Å². The summed E-state index contributed by atoms with van der Waals surface area (Å²) in [7, 11) is 0. The standard InChI is InChI=1S/C11H13BrO/c1-8-10(12)3-2-4-11(8)13-7-9-5-6-9/h2-4,9H,5-7H2,1H3. The minimum absolute atomic E-state index is 0.818. The topological polar surface area (TPSA) is 9.23 Å². The van der Waals surface area contributed by atoms with Gasteiger partial charge in [-0.2, -0.15) is 0 Å². The quantitative estimate of drug-likeness (QED) is 0.786. The molecule has 70 valence electrons. The van der Waals surface area contributed by atoms with E-state index in [9.17, 15) is 0 Å². The first-order chi connectivity index (χ1) is 6.27. The molecular weight excluding hydrogens is 228 g/mol. The number of benzene rings is 1. The van der Waals surface area contributed by atoms with Gasteiger partial charge in [0.1, 0.15) is 5.75 Å². The zero-order valence-corrected chi connectivity index (χ0v) is 9.30. The summed E-state index contributed by atoms with van der Waals surface area (Å²) >= 11 is 3.49. The fourth-order valence-corrected chi connectivity index (χ4v) is 1.58. The summed E-state index contributed by atoms with van der Waals surface area (Å²) < 4.78 is 6.84. The third-order valence-electron chi connectivity index (χ3n) is 2.39. The van der Waals surface area contributed by atoms with Crippen molar-refractivity contribution in [2.45, 2.75) is 19.8 Å². The molecule has 0 amide bonds. The fourth-order valence-electron chi connectivity index (χ4n) is 1.24. The largest absolute Gasteiger partial charge is 0.493 e. The summed E-state index contributed by atoms with van der Waals surface area (Å²) in [6.45, 7) is 2.96. The molecule has 0 aromatic heterocycles. The molecule has 0 spiro atoms. The zero-order chi connectivity index (χ0) is 9.26. The summed E-state index contributed by atoms with van der Waals surface area (Å²) in [6, 6.07) is 6.08. The molecule has 0 unspecified atom stereocenters. The maximum absolute atomic E-state index is 5.71. The highest BCUT2D eigenvalue weighted by Gasteiger charge is 2.22. The molecule has 1 saturated carbocycles. The van der Waals surface area contributed by atoms with Crippen LogP contribution in [0.5, 0.6) is 5.75 Å². The lowest BCUT2D eigenvalue weighted by Crippen LogP contribution is -2.00. The van der Waals surface area contributed by atoms with Gasteiger partial charge in [0, 0.05) is 10.0 Å². The van der Waals surface area contributed by atoms with Crippen LogP contribution in [0.1, 0.15) is 18.4 Å². The van der Waals surface area contributed by atoms with Gasteiger partial charge in [-0.15, -0.1) is 0 Å². The number of halogens is 1. The highest BCUT2D eigenvalue weighted by Crippen LogP contribution is 2.31. The molecule has 0 N–H and O–H groups in total. The maximum Gasteiger partial charge on any atom is 0.123 e. The van der Waals surface area contributed by atoms with Crippen molar-refractivity contribution >= 4 is 15.9 Å². The van der Waals surface area contributed by atoms with E-state index in [4.69, 9.17) is 4.74 Å². The first-order valence-electron chi connectivity index (χ1n) is 4.65. The van der Waals surface area contributed by atoms with Crippen LogP contribution in [0.25, 0.3) is 0 Å². The van der Waals surface area contributed by atoms with E-state index in [1.165, 1.54) is 18.4 Å². The summed E-state index contributed by atoms with van der Waals surface area (Å²) in [5, 5.41) is 0. The third-order valence-corrected chi connectivity index (χ3v) is 3.25. The first kappa shape index (κ1) is 9.07. The smallest absolute Gasteiger partial charge is 0.123 e. The molecule has 0 bridgehead atoms. The molecule has 13 heavy (non-hydrogen) atoms. The summed E-state index contributed by atoms with van der Waals surface area (Å²) in [5.41, 5.74) is 1.20. The molecule has 0 atom stereocenters. The highest BCUT2D eigenvalue weighted by molar-refractivity contribution is 9.10. The molecule has 0 heterocycles. The minimum atomic E-state index is 0.818. The lowest BCUT2D eigenvalue weighted by Gasteiger charge is -2.09. The van der Waals surface area contributed by atoms with Crippen molar-refractivity contribution in [2.75, 3.05) is 6.61 Å². The van der Waals surface area contributed by atoms with Crippen molar-refractivity contribution < 1.29 is 4.74 Å². The average Bonchev–Trinajstić information content (AvgIpc) is 2.91. The van der Waals surface area contributed by atoms with Gasteiger partial charge in [0.05, 0.1) is 6.61 Å². The third kappa shape index (κ3) is 2.25. The number of ether oxygens (including phenoxy) is 1. The lowest BCUT2D eigenvalue weighted by molar-refractivity contribution is 0.297. The van der Waals surface area contributed by atoms with E-state index in [-0.39, 0.29) is 0 Å². The number of hydrogen-bond acceptors (Lipinski definition) is 1. The molecule has 1 aliphatic rings. The molecule has 1 fully saturated rings. The van der Waals surface area contributed by atoms with Crippen molar-refractivity contribution in [1.82, 2.24) is 0 Å². The van der Waals surface area contributed by atoms with Crippen LogP contribution in [0.15, 0.2) is 22.7 Å². The Kier molecular flexibility index (Phi) is 2.58. The Hall–Kier alpha value is -0.500. The zero-order valence-electron chi connectivity index (χ0n) is 7.72. The van der Waals surface area contributed by atoms with E-state index in [0.29, 0.717) is 0 Å². The van der Waals surface area contributed by atoms with E-state index in [1.54, 1.807) is 0 Å². The van der Waals surface area contributed by atoms with E-state index in [2.05, 4.69) is 22.9 Å². The van der Waals surface area contributed by atoms with Crippen molar-refractivity contribution in [2.24, 2.45) is 5.92 Å². The maximum atomic E-state index is 5.71. The average molecular weight is 241 g/mol. The highest BCUT2D eigenvalue weighted by atomic mass is 79.9. The summed E-state index contributed by atoms with van der Waals surface area (Å²) in [6.07, 6.45) is 2.68. The van der Waals surface area contributed by atoms with Gasteiger partial charge in [-0.25, -0.2) is 0 Å². The number of hydrogen-bond donors (Lipinski definition) is 0. The van der Waals surface area contributed by atoms with Crippen LogP contribution in [-0.4, -0.2) is 6.61 Å². The van der Waals surface area contributed by atoms with Crippen LogP contribution < -0.4 is 4.74 Å². The van der Waals surface area contributed by atoms with Gasteiger partial charge < -0.3 is 4.74 Å². The lowest BCUT2D eigenvalue weighted by atomic mass is 10.2. The molecule has 2 heteroatoms. The Morgan fingerprint density at radius 1 is 1.46 bits per heavy atom. The first-order valence-corrected chi connectivity index (χ1v) is 5.44. The van der Waals surface area contributed by atoms with Gasteiger partial charge in [0.2, 0.25) is 0 Å². The van der Waals surface area contributed by atoms with Crippen molar-refractivity contribution in [3.63, 3.8) is 0 Å². The molecule has 1 aromatic rings. The molecule has 1 aromatic carbocycles. The molecular formula is C11H13BrO. The molecule has 0 aliphatic heterocycles. The molecule has 1 nitrogen and oxygen atoms in total. The Morgan fingerprint density at radius 2 is 2.23 bits per heavy atom. The van der Waals surface area contributed by atoms with Crippen molar-refractivity contribution in [3.8, 4) is 5.75 Å². The summed E-state index contributed by atoms with van der Waals surface area (Å²) in [5.74, 6) is 1.83. The molecule has 2 rings (SSSR count). The summed E-state index contributed by atoms with van der Waals surface area (Å²) in [4.78, 5) is 0. The molecule has 0 radical (unpaired) electrons. The van der Waals surface area contributed by atoms with Crippen molar-refractivity contribution in [3.05, 3.63) is 28.2 Å². The predicted octanol–water partition coefficient (Wildman–Crippen LogP) is 3.55. The Balaban J connectivity index is 2.05. The predicted molar refractivity (Wildman–Crippen MR) is 57.1 cm³/mol. The van der Waals surface area contributed by atoms with Crippen LogP contribution in [-0.2, 0) is 0 Å². The SMILES string of the molecule is Cc1c(Br)cccc1OCC1CC1. The van der Waals surface area contributed by atoms with Gasteiger partial charge >= 0.3 is 0 Å². The second kappa shape index (κ2) is 3.70. The Bertz CT molecular complexity index is 305. The fraction of sp³-hybridized carbons (Fsp3) is 0.455. The Labute approximate surface area is 87.2 Å². The Morgan fingerprint density at radius 3 is 2.92 bits per heavy atom. The second-order valence-corrected chi connectivity index (χ2v) is 4.47. The van der Waals surface area contributed by atoms with Crippen LogP contribution in [0.4, 0.5) is 0 Å². The van der Waals surface area contributed by atoms with Gasteiger partial charge in [0.15, 0.2) is 0 Å². The molecule has 1 aliphatic carbocycles. The van der Waals surface area contributed by atoms with Crippen LogP contribution in [0.2, 0.25) is 0 Å². The van der Waals surface area contributed by atoms with Gasteiger partial charge in [-0.05, 0) is 37.8 Å². The van der Waals surface area contributed by atoms with Crippen molar-refractivity contribution in [1.29, 1.82) is 0 Å². The monoisotopic (exact) mass is 240 g/mol. The van der Waals surface area contributed by atoms with Gasteiger partial charge in [-0.1, -0.05) is 22.0 Å². The van der Waals surface area contributed by atoms with Crippen LogP contribution in [0, 0.1) is 12.8 Å². The molecule has 0 saturated heterocycles. The van der Waals surface area contributed by atoms with E-state index in [1.807, 2.05) is 18.2 Å². The van der Waals surface area contributed by atoms with Crippen LogP contribution >= 0.6 is 15.9 Å². The van der Waals surface area contributed by atoms with E-state index >= 15 is 0 Å². The number of rotatable bonds is 3. The van der Waals surface area contributed by atoms with E-state index < -0.39 is 0 Å².